The zero-order valence-corrected chi connectivity index (χ0v) is 13.5. The monoisotopic (exact) mass is 314 g/mol. The van der Waals surface area contributed by atoms with E-state index < -0.39 is 8.54 Å². The second kappa shape index (κ2) is 7.87. The van der Waals surface area contributed by atoms with Crippen LogP contribution in [0.3, 0.4) is 0 Å². The minimum absolute atomic E-state index is 0.0881. The summed E-state index contributed by atoms with van der Waals surface area (Å²) in [6, 6.07) is 14.3. The van der Waals surface area contributed by atoms with E-state index in [0.717, 1.165) is 17.6 Å². The van der Waals surface area contributed by atoms with Crippen molar-refractivity contribution in [2.45, 2.75) is 20.3 Å². The Kier molecular flexibility index (Phi) is 5.87. The minimum atomic E-state index is -3.17. The van der Waals surface area contributed by atoms with Crippen molar-refractivity contribution >= 4 is 13.8 Å². The SMILES string of the molecule is CCC=C(C)C#Cc1ccc(-c2ccccc2)c(P(F)F)c1. The smallest absolute Gasteiger partial charge is 0.183 e. The van der Waals surface area contributed by atoms with Crippen LogP contribution in [0.25, 0.3) is 11.1 Å². The number of hydrogen-bond donors (Lipinski definition) is 0. The molecule has 0 bridgehead atoms. The van der Waals surface area contributed by atoms with E-state index in [9.17, 15) is 8.39 Å². The van der Waals surface area contributed by atoms with Crippen LogP contribution in [0.5, 0.6) is 0 Å². The van der Waals surface area contributed by atoms with Gasteiger partial charge < -0.3 is 0 Å². The number of halogens is 2. The Balaban J connectivity index is 2.42. The highest BCUT2D eigenvalue weighted by Gasteiger charge is 2.16. The van der Waals surface area contributed by atoms with E-state index in [1.54, 1.807) is 12.1 Å². The van der Waals surface area contributed by atoms with Gasteiger partial charge in [0.1, 0.15) is 0 Å². The molecular weight excluding hydrogens is 297 g/mol. The lowest BCUT2D eigenvalue weighted by Crippen LogP contribution is -2.02. The normalized spacial score (nSPS) is 11.2. The molecule has 3 heteroatoms. The van der Waals surface area contributed by atoms with Gasteiger partial charge in [-0.15, -0.1) is 0 Å². The highest BCUT2D eigenvalue weighted by Crippen LogP contribution is 2.41. The summed E-state index contributed by atoms with van der Waals surface area (Å²) in [5, 5.41) is 0.0881. The number of hydrogen-bond acceptors (Lipinski definition) is 0. The number of benzene rings is 2. The van der Waals surface area contributed by atoms with E-state index in [1.807, 2.05) is 50.3 Å². The summed E-state index contributed by atoms with van der Waals surface area (Å²) in [6.07, 6.45) is 2.93. The largest absolute Gasteiger partial charge is 0.298 e. The second-order valence-electron chi connectivity index (χ2n) is 4.88. The van der Waals surface area contributed by atoms with E-state index in [1.165, 1.54) is 6.07 Å². The Labute approximate surface area is 131 Å². The average molecular weight is 314 g/mol. The first kappa shape index (κ1) is 16.4. The van der Waals surface area contributed by atoms with Crippen molar-refractivity contribution in [3.8, 4) is 23.0 Å². The quantitative estimate of drug-likeness (QED) is 0.486. The Morgan fingerprint density at radius 2 is 1.86 bits per heavy atom. The van der Waals surface area contributed by atoms with Gasteiger partial charge in [-0.25, -0.2) is 0 Å². The van der Waals surface area contributed by atoms with Crippen molar-refractivity contribution in [2.75, 3.05) is 0 Å². The molecule has 0 heterocycles. The molecule has 112 valence electrons. The molecule has 0 aliphatic carbocycles. The van der Waals surface area contributed by atoms with Crippen molar-refractivity contribution in [3.63, 3.8) is 0 Å². The van der Waals surface area contributed by atoms with Gasteiger partial charge in [0.25, 0.3) is 8.54 Å². The van der Waals surface area contributed by atoms with Crippen LogP contribution in [0.4, 0.5) is 8.39 Å². The zero-order chi connectivity index (χ0) is 15.9. The molecule has 2 aromatic carbocycles. The van der Waals surface area contributed by atoms with E-state index in [0.29, 0.717) is 11.1 Å². The topological polar surface area (TPSA) is 0 Å². The van der Waals surface area contributed by atoms with Gasteiger partial charge in [0.05, 0.1) is 0 Å². The summed E-state index contributed by atoms with van der Waals surface area (Å²) in [5.74, 6) is 5.96. The molecule has 22 heavy (non-hydrogen) atoms. The molecule has 0 atom stereocenters. The maximum absolute atomic E-state index is 13.4. The minimum Gasteiger partial charge on any atom is -0.183 e. The van der Waals surface area contributed by atoms with Crippen LogP contribution in [0.2, 0.25) is 0 Å². The Bertz CT molecular complexity index is 722. The van der Waals surface area contributed by atoms with Gasteiger partial charge in [0, 0.05) is 10.9 Å². The van der Waals surface area contributed by atoms with Crippen LogP contribution < -0.4 is 5.30 Å². The molecule has 0 aliphatic rings. The fourth-order valence-corrected chi connectivity index (χ4v) is 2.76. The van der Waals surface area contributed by atoms with Crippen LogP contribution in [-0.2, 0) is 0 Å². The molecular formula is C19H17F2P. The molecule has 0 radical (unpaired) electrons. The molecule has 0 amide bonds. The summed E-state index contributed by atoms with van der Waals surface area (Å²) in [4.78, 5) is 0. The lowest BCUT2D eigenvalue weighted by Gasteiger charge is -2.08. The predicted octanol–water partition coefficient (Wildman–Crippen LogP) is 5.94. The van der Waals surface area contributed by atoms with Gasteiger partial charge >= 0.3 is 0 Å². The first-order chi connectivity index (χ1) is 10.6. The van der Waals surface area contributed by atoms with Crippen molar-refractivity contribution in [1.82, 2.24) is 0 Å². The second-order valence-corrected chi connectivity index (χ2v) is 5.82. The summed E-state index contributed by atoms with van der Waals surface area (Å²) in [6.45, 7) is 3.96. The van der Waals surface area contributed by atoms with Crippen LogP contribution in [0.1, 0.15) is 25.8 Å². The standard InChI is InChI=1S/C19H17F2P/c1-3-7-15(2)10-11-16-12-13-18(19(14-16)22(20)21)17-8-5-4-6-9-17/h4-9,12-14H,3H2,1-2H3. The molecule has 0 spiro atoms. The lowest BCUT2D eigenvalue weighted by molar-refractivity contribution is 0.764. The first-order valence-corrected chi connectivity index (χ1v) is 8.24. The van der Waals surface area contributed by atoms with Crippen molar-refractivity contribution in [3.05, 3.63) is 65.7 Å². The molecule has 0 saturated carbocycles. The summed E-state index contributed by atoms with van der Waals surface area (Å²) in [7, 11) is -3.17. The number of rotatable bonds is 3. The van der Waals surface area contributed by atoms with Gasteiger partial charge in [-0.1, -0.05) is 61.2 Å². The van der Waals surface area contributed by atoms with Crippen LogP contribution >= 0.6 is 8.54 Å². The lowest BCUT2D eigenvalue weighted by atomic mass is 10.0. The van der Waals surface area contributed by atoms with Gasteiger partial charge in [-0.05, 0) is 42.2 Å². The molecule has 2 aromatic rings. The van der Waals surface area contributed by atoms with Gasteiger partial charge in [0.2, 0.25) is 0 Å². The first-order valence-electron chi connectivity index (χ1n) is 7.11. The van der Waals surface area contributed by atoms with Crippen molar-refractivity contribution in [1.29, 1.82) is 0 Å². The molecule has 0 aliphatic heterocycles. The molecule has 0 aromatic heterocycles. The molecule has 0 unspecified atom stereocenters. The third-order valence-corrected chi connectivity index (χ3v) is 3.91. The maximum Gasteiger partial charge on any atom is 0.298 e. The Morgan fingerprint density at radius 3 is 2.50 bits per heavy atom. The summed E-state index contributed by atoms with van der Waals surface area (Å²) < 4.78 is 26.8. The Morgan fingerprint density at radius 1 is 1.14 bits per heavy atom. The fraction of sp³-hybridized carbons (Fsp3) is 0.158. The van der Waals surface area contributed by atoms with E-state index in [2.05, 4.69) is 11.8 Å². The zero-order valence-electron chi connectivity index (χ0n) is 12.6. The van der Waals surface area contributed by atoms with Crippen molar-refractivity contribution in [2.24, 2.45) is 0 Å². The van der Waals surface area contributed by atoms with E-state index >= 15 is 0 Å². The van der Waals surface area contributed by atoms with Crippen LogP contribution in [-0.4, -0.2) is 0 Å². The van der Waals surface area contributed by atoms with Gasteiger partial charge in [-0.3, -0.25) is 0 Å². The highest BCUT2D eigenvalue weighted by atomic mass is 31.2. The molecule has 0 N–H and O–H groups in total. The summed E-state index contributed by atoms with van der Waals surface area (Å²) in [5.41, 5.74) is 2.98. The molecule has 0 fully saturated rings. The van der Waals surface area contributed by atoms with Crippen LogP contribution in [0, 0.1) is 11.8 Å². The highest BCUT2D eigenvalue weighted by molar-refractivity contribution is 7.55. The molecule has 0 saturated heterocycles. The van der Waals surface area contributed by atoms with Crippen molar-refractivity contribution < 1.29 is 8.39 Å². The fourth-order valence-electron chi connectivity index (χ4n) is 2.14. The third kappa shape index (κ3) is 4.26. The molecule has 2 rings (SSSR count). The predicted molar refractivity (Wildman–Crippen MR) is 91.6 cm³/mol. The average Bonchev–Trinajstić information content (AvgIpc) is 2.54. The third-order valence-electron chi connectivity index (χ3n) is 3.18. The van der Waals surface area contributed by atoms with E-state index in [-0.39, 0.29) is 5.30 Å². The van der Waals surface area contributed by atoms with Gasteiger partial charge in [-0.2, -0.15) is 8.39 Å². The number of allylic oxidation sites excluding steroid dienone is 2. The van der Waals surface area contributed by atoms with Gasteiger partial charge in [0.15, 0.2) is 0 Å². The maximum atomic E-state index is 13.4. The van der Waals surface area contributed by atoms with E-state index in [4.69, 9.17) is 0 Å². The molecule has 0 nitrogen and oxygen atoms in total. The van der Waals surface area contributed by atoms with Crippen LogP contribution in [0.15, 0.2) is 60.2 Å². The Hall–Kier alpha value is -1.97. The summed E-state index contributed by atoms with van der Waals surface area (Å²) >= 11 is 0.